The van der Waals surface area contributed by atoms with Crippen molar-refractivity contribution in [2.75, 3.05) is 7.05 Å². The van der Waals surface area contributed by atoms with Crippen molar-refractivity contribution in [1.29, 1.82) is 0 Å². The van der Waals surface area contributed by atoms with Crippen LogP contribution in [-0.4, -0.2) is 16.9 Å². The minimum Gasteiger partial charge on any atom is -0.519 e. The van der Waals surface area contributed by atoms with Crippen LogP contribution >= 0.6 is 12.2 Å². The average Bonchev–Trinajstić information content (AvgIpc) is 1.65. The maximum absolute atomic E-state index is 4.72. The normalized spacial score (nSPS) is 7.71. The van der Waals surface area contributed by atoms with E-state index in [4.69, 9.17) is 12.2 Å². The molecule has 0 unspecified atom stereocenters. The second-order valence-corrected chi connectivity index (χ2v) is 1.66. The Morgan fingerprint density at radius 3 is 2.43 bits per heavy atom. The van der Waals surface area contributed by atoms with E-state index in [1.807, 2.05) is 0 Å². The van der Waals surface area contributed by atoms with Crippen molar-refractivity contribution < 1.29 is 0 Å². The summed E-state index contributed by atoms with van der Waals surface area (Å²) in [6.07, 6.45) is 1.59. The van der Waals surface area contributed by atoms with Crippen molar-refractivity contribution >= 4 is 17.2 Å². The predicted molar refractivity (Wildman–Crippen MR) is 35.9 cm³/mol. The van der Waals surface area contributed by atoms with E-state index in [9.17, 15) is 0 Å². The van der Waals surface area contributed by atoms with Crippen molar-refractivity contribution in [1.82, 2.24) is 4.90 Å². The maximum Gasteiger partial charge on any atom is 0.0709 e. The first-order valence-electron chi connectivity index (χ1n) is 1.89. The highest BCUT2D eigenvalue weighted by molar-refractivity contribution is 7.80. The summed E-state index contributed by atoms with van der Waals surface area (Å²) in [5.41, 5.74) is 0. The lowest BCUT2D eigenvalue weighted by molar-refractivity contribution is 0.700. The van der Waals surface area contributed by atoms with Crippen molar-refractivity contribution in [2.24, 2.45) is 0 Å². The molecule has 2 heteroatoms. The lowest BCUT2D eigenvalue weighted by atomic mass is 10.6. The van der Waals surface area contributed by atoms with Gasteiger partial charge in [-0.15, -0.1) is 0 Å². The Balaban J connectivity index is 3.56. The molecule has 0 rings (SSSR count). The second kappa shape index (κ2) is 2.75. The second-order valence-electron chi connectivity index (χ2n) is 1.24. The lowest BCUT2D eigenvalue weighted by Crippen LogP contribution is -2.13. The summed E-state index contributed by atoms with van der Waals surface area (Å²) in [6.45, 7) is 3.46. The standard InChI is InChI=1S/C5H8NS/c1-4-5(7)6(2)3/h4H,1-2H2,3H3/q-1. The van der Waals surface area contributed by atoms with Crippen molar-refractivity contribution in [3.8, 4) is 0 Å². The third-order valence-electron chi connectivity index (χ3n) is 0.551. The molecule has 0 aliphatic heterocycles. The molecule has 0 spiro atoms. The van der Waals surface area contributed by atoms with Crippen molar-refractivity contribution in [3.63, 3.8) is 0 Å². The molecule has 0 fully saturated rings. The summed E-state index contributed by atoms with van der Waals surface area (Å²) >= 11 is 4.72. The van der Waals surface area contributed by atoms with E-state index in [0.717, 1.165) is 0 Å². The Kier molecular flexibility index (Phi) is 2.60. The molecule has 0 aromatic rings. The first-order chi connectivity index (χ1) is 3.18. The van der Waals surface area contributed by atoms with Gasteiger partial charge in [0.05, 0.1) is 4.99 Å². The van der Waals surface area contributed by atoms with Crippen LogP contribution in [0.5, 0.6) is 0 Å². The molecule has 0 saturated heterocycles. The third kappa shape index (κ3) is 2.34. The number of thiocarbonyl (C=S) groups is 1. The smallest absolute Gasteiger partial charge is 0.0709 e. The van der Waals surface area contributed by atoms with Gasteiger partial charge in [0.25, 0.3) is 0 Å². The molecule has 0 heterocycles. The fourth-order valence-electron chi connectivity index (χ4n) is 0.156. The van der Waals surface area contributed by atoms with Crippen LogP contribution in [0.1, 0.15) is 0 Å². The van der Waals surface area contributed by atoms with Gasteiger partial charge in [-0.1, -0.05) is 18.8 Å². The fraction of sp³-hybridized carbons (Fsp3) is 0.200. The van der Waals surface area contributed by atoms with Crippen LogP contribution in [0, 0.1) is 7.05 Å². The Bertz CT molecular complexity index is 86.1. The third-order valence-corrected chi connectivity index (χ3v) is 1.03. The van der Waals surface area contributed by atoms with Gasteiger partial charge < -0.3 is 4.90 Å². The number of nitrogens with zero attached hydrogens (tertiary/aromatic N) is 1. The largest absolute Gasteiger partial charge is 0.519 e. The molecule has 0 aromatic heterocycles. The van der Waals surface area contributed by atoms with Gasteiger partial charge >= 0.3 is 0 Å². The van der Waals surface area contributed by atoms with Gasteiger partial charge in [0.15, 0.2) is 0 Å². The van der Waals surface area contributed by atoms with Gasteiger partial charge in [-0.2, -0.15) is 0 Å². The highest BCUT2D eigenvalue weighted by Gasteiger charge is 1.78. The van der Waals surface area contributed by atoms with Gasteiger partial charge in [0.2, 0.25) is 0 Å². The molecule has 0 atom stereocenters. The van der Waals surface area contributed by atoms with E-state index in [1.165, 1.54) is 0 Å². The van der Waals surface area contributed by atoms with E-state index in [1.54, 1.807) is 18.0 Å². The molecule has 0 saturated carbocycles. The maximum atomic E-state index is 4.72. The minimum absolute atomic E-state index is 0.667. The molecule has 0 aromatic carbocycles. The van der Waals surface area contributed by atoms with E-state index in [0.29, 0.717) is 4.99 Å². The first-order valence-corrected chi connectivity index (χ1v) is 2.30. The van der Waals surface area contributed by atoms with E-state index in [-0.39, 0.29) is 0 Å². The molecule has 40 valence electrons. The average molecular weight is 114 g/mol. The molecule has 0 aliphatic carbocycles. The first kappa shape index (κ1) is 6.63. The van der Waals surface area contributed by atoms with Crippen LogP contribution in [0.2, 0.25) is 0 Å². The van der Waals surface area contributed by atoms with Crippen LogP contribution < -0.4 is 0 Å². The highest BCUT2D eigenvalue weighted by atomic mass is 32.1. The number of rotatable bonds is 1. The zero-order valence-electron chi connectivity index (χ0n) is 4.35. The molecule has 1 nitrogen and oxygen atoms in total. The highest BCUT2D eigenvalue weighted by Crippen LogP contribution is 1.82. The van der Waals surface area contributed by atoms with Crippen LogP contribution in [0.25, 0.3) is 0 Å². The van der Waals surface area contributed by atoms with Crippen LogP contribution in [0.4, 0.5) is 0 Å². The molecule has 7 heavy (non-hydrogen) atoms. The van der Waals surface area contributed by atoms with Gasteiger partial charge in [-0.25, -0.2) is 0 Å². The van der Waals surface area contributed by atoms with Crippen molar-refractivity contribution in [3.05, 3.63) is 19.7 Å². The summed E-state index contributed by atoms with van der Waals surface area (Å²) in [6, 6.07) is 0. The molecule has 0 aliphatic rings. The molecule has 0 N–H and O–H groups in total. The number of hydrogen-bond acceptors (Lipinski definition) is 1. The van der Waals surface area contributed by atoms with Crippen LogP contribution in [-0.2, 0) is 0 Å². The van der Waals surface area contributed by atoms with E-state index >= 15 is 0 Å². The summed E-state index contributed by atoms with van der Waals surface area (Å²) in [5, 5.41) is 0. The Labute approximate surface area is 49.6 Å². The van der Waals surface area contributed by atoms with Gasteiger partial charge in [0.1, 0.15) is 0 Å². The van der Waals surface area contributed by atoms with Gasteiger partial charge in [-0.3, -0.25) is 7.05 Å². The van der Waals surface area contributed by atoms with Crippen LogP contribution in [0.15, 0.2) is 12.7 Å². The summed E-state index contributed by atoms with van der Waals surface area (Å²) < 4.78 is 0. The quantitative estimate of drug-likeness (QED) is 0.286. The zero-order valence-corrected chi connectivity index (χ0v) is 5.16. The lowest BCUT2D eigenvalue weighted by Gasteiger charge is -2.18. The zero-order chi connectivity index (χ0) is 5.86. The Morgan fingerprint density at radius 1 is 2.00 bits per heavy atom. The van der Waals surface area contributed by atoms with Crippen LogP contribution in [0.3, 0.4) is 0 Å². The summed E-state index contributed by atoms with van der Waals surface area (Å²) in [5.74, 6) is 0. The van der Waals surface area contributed by atoms with E-state index < -0.39 is 0 Å². The summed E-state index contributed by atoms with van der Waals surface area (Å²) in [4.78, 5) is 2.25. The predicted octanol–water partition coefficient (Wildman–Crippen LogP) is 1.22. The van der Waals surface area contributed by atoms with Gasteiger partial charge in [-0.05, 0) is 13.1 Å². The van der Waals surface area contributed by atoms with E-state index in [2.05, 4.69) is 13.6 Å². The Hall–Kier alpha value is -0.370. The molecular formula is C5H8NS-. The molecule has 0 radical (unpaired) electrons. The SMILES string of the molecule is C=CC(=S)N([CH2-])C. The van der Waals surface area contributed by atoms with Crippen molar-refractivity contribution in [2.45, 2.75) is 0 Å². The fourth-order valence-corrected chi connectivity index (χ4v) is 0.156. The monoisotopic (exact) mass is 114 g/mol. The van der Waals surface area contributed by atoms with Gasteiger partial charge in [0, 0.05) is 0 Å². The number of likely N-dealkylation sites (N-methyl/N-ethyl adjacent to an activating group) is 1. The topological polar surface area (TPSA) is 3.24 Å². The summed E-state index contributed by atoms with van der Waals surface area (Å²) in [7, 11) is 5.31. The Morgan fingerprint density at radius 2 is 2.43 bits per heavy atom. The molecule has 0 amide bonds. The molecule has 0 bridgehead atoms. The number of hydrogen-bond donors (Lipinski definition) is 0. The minimum atomic E-state index is 0.667. The molecular weight excluding hydrogens is 106 g/mol.